The number of rotatable bonds is 3. The van der Waals surface area contributed by atoms with Crippen molar-refractivity contribution in [3.63, 3.8) is 0 Å². The van der Waals surface area contributed by atoms with E-state index >= 15 is 0 Å². The van der Waals surface area contributed by atoms with Gasteiger partial charge >= 0.3 is 6.85 Å². The largest absolute Gasteiger partial charge is 0.402 e. The quantitative estimate of drug-likeness (QED) is 0.619. The number of aryl methyl sites for hydroxylation is 1. The first-order valence-electron chi connectivity index (χ1n) is 8.88. The van der Waals surface area contributed by atoms with Gasteiger partial charge in [0.15, 0.2) is 0 Å². The maximum absolute atomic E-state index is 8.39. The Morgan fingerprint density at radius 1 is 1.23 bits per heavy atom. The van der Waals surface area contributed by atoms with Gasteiger partial charge in [0, 0.05) is 14.0 Å². The predicted octanol–water partition coefficient (Wildman–Crippen LogP) is 1.91. The number of hydrogen-bond donors (Lipinski definition) is 0. The Morgan fingerprint density at radius 2 is 1.95 bits per heavy atom. The zero-order valence-electron chi connectivity index (χ0n) is 15.7. The van der Waals surface area contributed by atoms with Crippen molar-refractivity contribution in [3.05, 3.63) is 58.6 Å². The lowest BCUT2D eigenvalue weighted by Crippen LogP contribution is -2.48. The van der Waals surface area contributed by atoms with E-state index in [1.165, 1.54) is 10.4 Å². The van der Waals surface area contributed by atoms with Gasteiger partial charge in [-0.2, -0.15) is 0 Å². The number of aromatic nitrogens is 1. The third-order valence-corrected chi connectivity index (χ3v) is 3.98. The van der Waals surface area contributed by atoms with Crippen LogP contribution in [0.15, 0.2) is 42.6 Å². The molecule has 1 aromatic carbocycles. The second kappa shape index (κ2) is 6.00. The van der Waals surface area contributed by atoms with Gasteiger partial charge in [-0.3, -0.25) is 4.81 Å². The van der Waals surface area contributed by atoms with Crippen LogP contribution in [0.4, 0.5) is 5.82 Å². The smallest absolute Gasteiger partial charge is 0.293 e. The summed E-state index contributed by atoms with van der Waals surface area (Å²) in [6, 6.07) is 12.2. The van der Waals surface area contributed by atoms with Gasteiger partial charge in [0.25, 0.3) is 5.82 Å². The van der Waals surface area contributed by atoms with Crippen LogP contribution in [0.3, 0.4) is 0 Å². The van der Waals surface area contributed by atoms with Crippen molar-refractivity contribution < 1.29 is 7.31 Å². The van der Waals surface area contributed by atoms with Gasteiger partial charge in [-0.1, -0.05) is 44.1 Å². The molecule has 0 aliphatic carbocycles. The van der Waals surface area contributed by atoms with E-state index in [1.54, 1.807) is 0 Å². The summed E-state index contributed by atoms with van der Waals surface area (Å²) in [4.78, 5) is 2.21. The molecule has 0 saturated carbocycles. The van der Waals surface area contributed by atoms with Crippen LogP contribution in [0, 0.1) is 5.92 Å². The van der Waals surface area contributed by atoms with Crippen molar-refractivity contribution in [1.82, 2.24) is 0 Å². The highest BCUT2D eigenvalue weighted by Gasteiger charge is 2.27. The van der Waals surface area contributed by atoms with E-state index in [1.807, 2.05) is 45.3 Å². The number of hydrogen-bond acceptors (Lipinski definition) is 1. The zero-order valence-corrected chi connectivity index (χ0v) is 13.7. The summed E-state index contributed by atoms with van der Waals surface area (Å²) in [6.45, 7) is 6.22. The second-order valence-corrected chi connectivity index (χ2v) is 6.26. The Kier molecular flexibility index (Phi) is 3.41. The van der Waals surface area contributed by atoms with Gasteiger partial charge in [0.2, 0.25) is 0 Å². The van der Waals surface area contributed by atoms with Crippen LogP contribution in [0.5, 0.6) is 0 Å². The fourth-order valence-electron chi connectivity index (χ4n) is 2.90. The minimum absolute atomic E-state index is 0.0758. The normalized spacial score (nSPS) is 15.7. The number of nitrogens with zero attached hydrogens (tertiary/aromatic N) is 2. The van der Waals surface area contributed by atoms with Crippen LogP contribution < -0.4 is 19.8 Å². The molecular formula is C19H24BN2+. The van der Waals surface area contributed by atoms with E-state index in [9.17, 15) is 0 Å². The summed E-state index contributed by atoms with van der Waals surface area (Å²) in [5.41, 5.74) is 0.727. The molecule has 0 spiro atoms. The molecule has 0 radical (unpaired) electrons. The maximum Gasteiger partial charge on any atom is 0.402 e. The van der Waals surface area contributed by atoms with E-state index in [2.05, 4.69) is 46.6 Å². The SMILES string of the molecule is [2H]C([2H])(c1cc[n+](C)c(N2C=c3ccccc3=CB2C)c1)C(C)C. The summed E-state index contributed by atoms with van der Waals surface area (Å²) in [7, 11) is 2.01. The summed E-state index contributed by atoms with van der Waals surface area (Å²) in [5.74, 6) is 3.17. The third kappa shape index (κ3) is 2.94. The predicted molar refractivity (Wildman–Crippen MR) is 94.9 cm³/mol. The monoisotopic (exact) mass is 293 g/mol. The number of anilines is 1. The minimum atomic E-state index is -1.34. The fourth-order valence-corrected chi connectivity index (χ4v) is 2.90. The molecule has 2 aromatic rings. The van der Waals surface area contributed by atoms with Crippen molar-refractivity contribution in [3.8, 4) is 0 Å². The molecule has 0 N–H and O–H groups in total. The molecule has 0 saturated heterocycles. The lowest BCUT2D eigenvalue weighted by Gasteiger charge is -2.20. The Bertz CT molecular complexity index is 877. The molecule has 1 aromatic heterocycles. The molecule has 3 heteroatoms. The molecule has 112 valence electrons. The van der Waals surface area contributed by atoms with Crippen LogP contribution in [-0.2, 0) is 13.4 Å². The Morgan fingerprint density at radius 3 is 2.68 bits per heavy atom. The fraction of sp³-hybridized carbons (Fsp3) is 0.316. The topological polar surface area (TPSA) is 7.12 Å². The minimum Gasteiger partial charge on any atom is -0.293 e. The van der Waals surface area contributed by atoms with Gasteiger partial charge in [-0.15, -0.1) is 0 Å². The molecule has 0 unspecified atom stereocenters. The molecular weight excluding hydrogens is 267 g/mol. The maximum atomic E-state index is 8.39. The first kappa shape index (κ1) is 12.5. The molecule has 0 amide bonds. The highest BCUT2D eigenvalue weighted by Crippen LogP contribution is 2.17. The van der Waals surface area contributed by atoms with Crippen molar-refractivity contribution in [1.29, 1.82) is 0 Å². The first-order chi connectivity index (χ1) is 11.3. The first-order valence-corrected chi connectivity index (χ1v) is 7.88. The van der Waals surface area contributed by atoms with E-state index < -0.39 is 6.37 Å². The van der Waals surface area contributed by atoms with E-state index in [-0.39, 0.29) is 12.8 Å². The summed E-state index contributed by atoms with van der Waals surface area (Å²) in [5, 5.41) is 2.44. The molecule has 3 rings (SSSR count). The standard InChI is InChI=1S/C19H24BN2/c1-15(2)11-16-9-10-21(4)19(12-16)22-14-18-8-6-5-7-17(18)13-20(22)3/h5-10,12-15H,11H2,1-4H3/q+1/i11D2. The number of benzene rings is 1. The van der Waals surface area contributed by atoms with Gasteiger partial charge in [-0.05, 0) is 36.0 Å². The third-order valence-electron chi connectivity index (χ3n) is 3.98. The molecule has 22 heavy (non-hydrogen) atoms. The zero-order chi connectivity index (χ0) is 17.5. The summed E-state index contributed by atoms with van der Waals surface area (Å²) >= 11 is 0. The van der Waals surface area contributed by atoms with E-state index in [0.717, 1.165) is 11.4 Å². The molecule has 2 heterocycles. The Labute approximate surface area is 136 Å². The highest BCUT2D eigenvalue weighted by atomic mass is 15.2. The molecule has 0 atom stereocenters. The van der Waals surface area contributed by atoms with Crippen LogP contribution in [-0.4, -0.2) is 6.85 Å². The van der Waals surface area contributed by atoms with Crippen molar-refractivity contribution in [2.75, 3.05) is 4.81 Å². The van der Waals surface area contributed by atoms with Gasteiger partial charge in [0.1, 0.15) is 0 Å². The average molecular weight is 293 g/mol. The van der Waals surface area contributed by atoms with Crippen LogP contribution in [0.25, 0.3) is 12.2 Å². The van der Waals surface area contributed by atoms with Crippen molar-refractivity contribution in [2.24, 2.45) is 13.0 Å². The van der Waals surface area contributed by atoms with Crippen LogP contribution in [0.1, 0.15) is 22.2 Å². The number of fused-ring (bicyclic) bond motifs is 1. The highest BCUT2D eigenvalue weighted by molar-refractivity contribution is 6.76. The van der Waals surface area contributed by atoms with E-state index in [0.29, 0.717) is 0 Å². The van der Waals surface area contributed by atoms with Gasteiger partial charge in [-0.25, -0.2) is 4.57 Å². The van der Waals surface area contributed by atoms with E-state index in [4.69, 9.17) is 2.74 Å². The van der Waals surface area contributed by atoms with Crippen molar-refractivity contribution in [2.45, 2.75) is 27.0 Å². The summed E-state index contributed by atoms with van der Waals surface area (Å²) in [6.07, 6.45) is 2.76. The molecule has 1 aliphatic rings. The molecule has 1 aliphatic heterocycles. The lowest BCUT2D eigenvalue weighted by molar-refractivity contribution is -0.658. The second-order valence-electron chi connectivity index (χ2n) is 6.26. The summed E-state index contributed by atoms with van der Waals surface area (Å²) < 4.78 is 18.8. The van der Waals surface area contributed by atoms with Crippen LogP contribution in [0.2, 0.25) is 6.82 Å². The molecule has 2 nitrogen and oxygen atoms in total. The molecule has 0 bridgehead atoms. The Hall–Kier alpha value is -2.03. The average Bonchev–Trinajstić information content (AvgIpc) is 2.54. The van der Waals surface area contributed by atoms with Gasteiger partial charge < -0.3 is 0 Å². The van der Waals surface area contributed by atoms with Crippen LogP contribution >= 0.6 is 0 Å². The molecule has 0 fully saturated rings. The Balaban J connectivity index is 2.12. The van der Waals surface area contributed by atoms with Gasteiger partial charge in [0.05, 0.1) is 19.4 Å². The number of pyridine rings is 1. The van der Waals surface area contributed by atoms with Crippen molar-refractivity contribution >= 4 is 24.8 Å². The lowest BCUT2D eigenvalue weighted by atomic mass is 9.61.